The minimum Gasteiger partial charge on any atom is -0.378 e. The molecule has 0 saturated heterocycles. The number of benzene rings is 3. The van der Waals surface area contributed by atoms with Crippen LogP contribution < -0.4 is 4.90 Å². The highest BCUT2D eigenvalue weighted by Gasteiger charge is 2.09. The number of allylic oxidation sites excluding steroid dienone is 1. The molecule has 4 aromatic rings. The molecule has 0 atom stereocenters. The first-order valence-corrected chi connectivity index (χ1v) is 9.68. The highest BCUT2D eigenvalue weighted by molar-refractivity contribution is 5.83. The Balaban J connectivity index is 1.57. The molecule has 0 aliphatic carbocycles. The number of rotatable bonds is 6. The Labute approximate surface area is 171 Å². The largest absolute Gasteiger partial charge is 0.378 e. The Bertz CT molecular complexity index is 1140. The predicted octanol–water partition coefficient (Wildman–Crippen LogP) is 5.57. The highest BCUT2D eigenvalue weighted by atomic mass is 15.2. The van der Waals surface area contributed by atoms with E-state index in [1.165, 1.54) is 11.3 Å². The summed E-state index contributed by atoms with van der Waals surface area (Å²) in [6, 6.07) is 27.0. The quantitative estimate of drug-likeness (QED) is 0.410. The number of aliphatic imine (C=N–C) groups is 1. The maximum atomic E-state index is 4.71. The molecule has 144 valence electrons. The van der Waals surface area contributed by atoms with Gasteiger partial charge in [-0.1, -0.05) is 60.7 Å². The molecule has 0 aliphatic rings. The summed E-state index contributed by atoms with van der Waals surface area (Å²) in [5.41, 5.74) is 5.60. The Hall–Kier alpha value is -3.66. The summed E-state index contributed by atoms with van der Waals surface area (Å²) in [6.45, 7) is 0.740. The maximum Gasteiger partial charge on any atom is 0.230 e. The van der Waals surface area contributed by atoms with E-state index in [4.69, 9.17) is 4.98 Å². The van der Waals surface area contributed by atoms with Gasteiger partial charge in [0.2, 0.25) is 5.95 Å². The van der Waals surface area contributed by atoms with E-state index >= 15 is 0 Å². The van der Waals surface area contributed by atoms with E-state index in [-0.39, 0.29) is 0 Å². The number of imidazole rings is 1. The van der Waals surface area contributed by atoms with Crippen LogP contribution in [0.1, 0.15) is 11.1 Å². The lowest BCUT2D eigenvalue weighted by Crippen LogP contribution is -2.07. The molecule has 0 saturated carbocycles. The van der Waals surface area contributed by atoms with Crippen LogP contribution in [0.5, 0.6) is 0 Å². The van der Waals surface area contributed by atoms with Crippen LogP contribution in [0, 0.1) is 0 Å². The number of hydrogen-bond acceptors (Lipinski definition) is 3. The second kappa shape index (κ2) is 8.57. The standard InChI is InChI=1S/C25H24N4/c1-28(2)22-16-14-20(15-17-22)11-8-18-26-25-27-23-12-6-7-13-24(23)29(25)19-21-9-4-3-5-10-21/h3-18H,19H2,1-2H3/b11-8+,26-18+. The van der Waals surface area contributed by atoms with E-state index in [1.807, 2.05) is 56.7 Å². The van der Waals surface area contributed by atoms with Crippen LogP contribution in [0.4, 0.5) is 11.6 Å². The Morgan fingerprint density at radius 1 is 0.897 bits per heavy atom. The molecule has 0 aliphatic heterocycles. The van der Waals surface area contributed by atoms with Crippen LogP contribution in [-0.4, -0.2) is 29.9 Å². The van der Waals surface area contributed by atoms with Gasteiger partial charge >= 0.3 is 0 Å². The third kappa shape index (κ3) is 4.43. The SMILES string of the molecule is CN(C)c1ccc(/C=C/C=N/c2nc3ccccc3n2Cc2ccccc2)cc1. The summed E-state index contributed by atoms with van der Waals surface area (Å²) in [5, 5.41) is 0. The van der Waals surface area contributed by atoms with E-state index in [2.05, 4.69) is 69.1 Å². The van der Waals surface area contributed by atoms with E-state index in [0.29, 0.717) is 5.95 Å². The Morgan fingerprint density at radius 2 is 1.62 bits per heavy atom. The number of fused-ring (bicyclic) bond motifs is 1. The average Bonchev–Trinajstić information content (AvgIpc) is 3.10. The van der Waals surface area contributed by atoms with Crippen molar-refractivity contribution in [1.82, 2.24) is 9.55 Å². The van der Waals surface area contributed by atoms with Crippen LogP contribution in [0.2, 0.25) is 0 Å². The lowest BCUT2D eigenvalue weighted by Gasteiger charge is -2.11. The van der Waals surface area contributed by atoms with Crippen molar-refractivity contribution >= 4 is 35.0 Å². The zero-order chi connectivity index (χ0) is 20.1. The molecule has 1 aromatic heterocycles. The van der Waals surface area contributed by atoms with Gasteiger partial charge in [0.05, 0.1) is 17.6 Å². The first-order chi connectivity index (χ1) is 14.2. The maximum absolute atomic E-state index is 4.71. The van der Waals surface area contributed by atoms with Crippen LogP contribution in [0.15, 0.2) is 89.9 Å². The molecule has 0 amide bonds. The zero-order valence-electron chi connectivity index (χ0n) is 16.7. The first kappa shape index (κ1) is 18.7. The van der Waals surface area contributed by atoms with Gasteiger partial charge < -0.3 is 9.47 Å². The third-order valence-corrected chi connectivity index (χ3v) is 4.79. The number of anilines is 1. The van der Waals surface area contributed by atoms with E-state index in [0.717, 1.165) is 23.1 Å². The van der Waals surface area contributed by atoms with Crippen molar-refractivity contribution in [3.8, 4) is 0 Å². The lowest BCUT2D eigenvalue weighted by atomic mass is 10.2. The molecule has 0 spiro atoms. The van der Waals surface area contributed by atoms with Crippen molar-refractivity contribution in [3.05, 3.63) is 96.1 Å². The van der Waals surface area contributed by atoms with Gasteiger partial charge in [0.1, 0.15) is 0 Å². The fourth-order valence-electron chi connectivity index (χ4n) is 3.23. The number of para-hydroxylation sites is 2. The summed E-state index contributed by atoms with van der Waals surface area (Å²) in [7, 11) is 4.08. The molecule has 0 radical (unpaired) electrons. The molecule has 0 bridgehead atoms. The molecule has 3 aromatic carbocycles. The molecule has 4 nitrogen and oxygen atoms in total. The van der Waals surface area contributed by atoms with Gasteiger partial charge in [0.25, 0.3) is 0 Å². The van der Waals surface area contributed by atoms with E-state index < -0.39 is 0 Å². The van der Waals surface area contributed by atoms with Crippen LogP contribution in [0.3, 0.4) is 0 Å². The zero-order valence-corrected chi connectivity index (χ0v) is 16.7. The third-order valence-electron chi connectivity index (χ3n) is 4.79. The van der Waals surface area contributed by atoms with Gasteiger partial charge in [-0.2, -0.15) is 0 Å². The van der Waals surface area contributed by atoms with Crippen molar-refractivity contribution in [2.45, 2.75) is 6.54 Å². The Morgan fingerprint density at radius 3 is 2.38 bits per heavy atom. The normalized spacial score (nSPS) is 11.7. The molecule has 1 heterocycles. The molecular weight excluding hydrogens is 356 g/mol. The number of hydrogen-bond donors (Lipinski definition) is 0. The lowest BCUT2D eigenvalue weighted by molar-refractivity contribution is 0.827. The molecule has 0 fully saturated rings. The fourth-order valence-corrected chi connectivity index (χ4v) is 3.23. The molecule has 29 heavy (non-hydrogen) atoms. The van der Waals surface area contributed by atoms with Crippen molar-refractivity contribution in [1.29, 1.82) is 0 Å². The highest BCUT2D eigenvalue weighted by Crippen LogP contribution is 2.23. The minimum atomic E-state index is 0.711. The van der Waals surface area contributed by atoms with Crippen molar-refractivity contribution in [2.75, 3.05) is 19.0 Å². The number of nitrogens with zero attached hydrogens (tertiary/aromatic N) is 4. The molecule has 4 rings (SSSR count). The van der Waals surface area contributed by atoms with Crippen molar-refractivity contribution in [3.63, 3.8) is 0 Å². The molecule has 4 heteroatoms. The Kier molecular flexibility index (Phi) is 5.52. The summed E-state index contributed by atoms with van der Waals surface area (Å²) in [5.74, 6) is 0.711. The summed E-state index contributed by atoms with van der Waals surface area (Å²) in [6.07, 6.45) is 5.81. The predicted molar refractivity (Wildman–Crippen MR) is 123 cm³/mol. The second-order valence-corrected chi connectivity index (χ2v) is 7.10. The number of aromatic nitrogens is 2. The molecular formula is C25H24N4. The van der Waals surface area contributed by atoms with Crippen LogP contribution in [-0.2, 0) is 6.54 Å². The second-order valence-electron chi connectivity index (χ2n) is 7.10. The summed E-state index contributed by atoms with van der Waals surface area (Å²) >= 11 is 0. The van der Waals surface area contributed by atoms with Crippen LogP contribution in [0.25, 0.3) is 17.1 Å². The van der Waals surface area contributed by atoms with Gasteiger partial charge in [-0.15, -0.1) is 0 Å². The topological polar surface area (TPSA) is 33.4 Å². The van der Waals surface area contributed by atoms with E-state index in [9.17, 15) is 0 Å². The van der Waals surface area contributed by atoms with Gasteiger partial charge in [0, 0.05) is 26.0 Å². The van der Waals surface area contributed by atoms with E-state index in [1.54, 1.807) is 0 Å². The average molecular weight is 380 g/mol. The van der Waals surface area contributed by atoms with Crippen LogP contribution >= 0.6 is 0 Å². The van der Waals surface area contributed by atoms with Crippen molar-refractivity contribution < 1.29 is 0 Å². The smallest absolute Gasteiger partial charge is 0.230 e. The van der Waals surface area contributed by atoms with Gasteiger partial charge in [0.15, 0.2) is 0 Å². The summed E-state index contributed by atoms with van der Waals surface area (Å²) < 4.78 is 2.15. The van der Waals surface area contributed by atoms with Crippen molar-refractivity contribution in [2.24, 2.45) is 4.99 Å². The minimum absolute atomic E-state index is 0.711. The molecule has 0 N–H and O–H groups in total. The first-order valence-electron chi connectivity index (χ1n) is 9.68. The van der Waals surface area contributed by atoms with Gasteiger partial charge in [-0.25, -0.2) is 9.98 Å². The monoisotopic (exact) mass is 380 g/mol. The fraction of sp³-hybridized carbons (Fsp3) is 0.120. The van der Waals surface area contributed by atoms with Gasteiger partial charge in [-0.3, -0.25) is 0 Å². The van der Waals surface area contributed by atoms with Gasteiger partial charge in [-0.05, 0) is 41.5 Å². The summed E-state index contributed by atoms with van der Waals surface area (Å²) in [4.78, 5) is 11.4. The molecule has 0 unspecified atom stereocenters.